The molecule has 1 N–H and O–H groups in total. The van der Waals surface area contributed by atoms with Gasteiger partial charge in [-0.05, 0) is 19.0 Å². The molecular formula is C13H21NO3S. The molecular weight excluding hydrogens is 250 g/mol. The SMILES string of the molecule is CN(CCS(C)(=O)=O)[C@H](CCO)c1ccccc1. The molecule has 0 spiro atoms. The molecule has 0 aliphatic rings. The Morgan fingerprint density at radius 2 is 1.89 bits per heavy atom. The molecule has 4 nitrogen and oxygen atoms in total. The van der Waals surface area contributed by atoms with Gasteiger partial charge in [0.05, 0.1) is 5.75 Å². The smallest absolute Gasteiger partial charge is 0.148 e. The standard InChI is InChI=1S/C13H21NO3S/c1-14(9-11-18(2,16)17)13(8-10-15)12-6-4-3-5-7-12/h3-7,13,15H,8-11H2,1-2H3/t13-/m1/s1. The highest BCUT2D eigenvalue weighted by atomic mass is 32.2. The zero-order valence-electron chi connectivity index (χ0n) is 10.9. The predicted molar refractivity (Wildman–Crippen MR) is 73.2 cm³/mol. The maximum atomic E-state index is 11.2. The van der Waals surface area contributed by atoms with Crippen LogP contribution in [-0.4, -0.2) is 50.6 Å². The van der Waals surface area contributed by atoms with Gasteiger partial charge in [0.2, 0.25) is 0 Å². The van der Waals surface area contributed by atoms with Gasteiger partial charge in [-0.1, -0.05) is 30.3 Å². The third-order valence-electron chi connectivity index (χ3n) is 2.93. The van der Waals surface area contributed by atoms with E-state index in [1.54, 1.807) is 0 Å². The molecule has 0 radical (unpaired) electrons. The van der Waals surface area contributed by atoms with Crippen LogP contribution in [0, 0.1) is 0 Å². The normalized spacial score (nSPS) is 13.8. The molecule has 1 aromatic rings. The summed E-state index contributed by atoms with van der Waals surface area (Å²) in [5.74, 6) is 0.137. The molecule has 0 amide bonds. The quantitative estimate of drug-likeness (QED) is 0.806. The van der Waals surface area contributed by atoms with Crippen LogP contribution in [0.1, 0.15) is 18.0 Å². The van der Waals surface area contributed by atoms with E-state index >= 15 is 0 Å². The van der Waals surface area contributed by atoms with E-state index in [0.717, 1.165) is 5.56 Å². The Balaban J connectivity index is 2.73. The molecule has 5 heteroatoms. The molecule has 0 bridgehead atoms. The number of benzene rings is 1. The summed E-state index contributed by atoms with van der Waals surface area (Å²) in [4.78, 5) is 1.98. The van der Waals surface area contributed by atoms with Crippen molar-refractivity contribution >= 4 is 9.84 Å². The summed E-state index contributed by atoms with van der Waals surface area (Å²) in [5.41, 5.74) is 1.10. The highest BCUT2D eigenvalue weighted by Gasteiger charge is 2.17. The fraction of sp³-hybridized carbons (Fsp3) is 0.538. The van der Waals surface area contributed by atoms with E-state index in [2.05, 4.69) is 0 Å². The maximum absolute atomic E-state index is 11.2. The Labute approximate surface area is 109 Å². The Morgan fingerprint density at radius 3 is 2.39 bits per heavy atom. The number of aliphatic hydroxyl groups is 1. The van der Waals surface area contributed by atoms with Crippen molar-refractivity contribution < 1.29 is 13.5 Å². The summed E-state index contributed by atoms with van der Waals surface area (Å²) >= 11 is 0. The second kappa shape index (κ2) is 6.87. The average Bonchev–Trinajstić information content (AvgIpc) is 2.33. The van der Waals surface area contributed by atoms with Gasteiger partial charge in [0.25, 0.3) is 0 Å². The summed E-state index contributed by atoms with van der Waals surface area (Å²) in [7, 11) is -1.07. The molecule has 0 aromatic heterocycles. The molecule has 0 heterocycles. The molecule has 0 aliphatic carbocycles. The van der Waals surface area contributed by atoms with Crippen molar-refractivity contribution in [3.8, 4) is 0 Å². The van der Waals surface area contributed by atoms with E-state index in [4.69, 9.17) is 5.11 Å². The fourth-order valence-electron chi connectivity index (χ4n) is 1.90. The predicted octanol–water partition coefficient (Wildman–Crippen LogP) is 1.09. The monoisotopic (exact) mass is 271 g/mol. The van der Waals surface area contributed by atoms with E-state index < -0.39 is 9.84 Å². The van der Waals surface area contributed by atoms with Crippen LogP contribution in [0.3, 0.4) is 0 Å². The van der Waals surface area contributed by atoms with Crippen LogP contribution in [0.5, 0.6) is 0 Å². The highest BCUT2D eigenvalue weighted by Crippen LogP contribution is 2.22. The number of aliphatic hydroxyl groups excluding tert-OH is 1. The van der Waals surface area contributed by atoms with Crippen molar-refractivity contribution in [2.45, 2.75) is 12.5 Å². The maximum Gasteiger partial charge on any atom is 0.148 e. The van der Waals surface area contributed by atoms with Gasteiger partial charge in [-0.15, -0.1) is 0 Å². The van der Waals surface area contributed by atoms with Gasteiger partial charge in [0, 0.05) is 25.4 Å². The van der Waals surface area contributed by atoms with E-state index in [-0.39, 0.29) is 18.4 Å². The third-order valence-corrected chi connectivity index (χ3v) is 3.86. The first kappa shape index (κ1) is 15.1. The Hall–Kier alpha value is -0.910. The molecule has 1 atom stereocenters. The summed E-state index contributed by atoms with van der Waals surface area (Å²) in [6.07, 6.45) is 1.84. The van der Waals surface area contributed by atoms with Gasteiger partial charge in [-0.25, -0.2) is 8.42 Å². The molecule has 0 fully saturated rings. The van der Waals surface area contributed by atoms with Gasteiger partial charge in [0.1, 0.15) is 9.84 Å². The van der Waals surface area contributed by atoms with Crippen LogP contribution in [0.15, 0.2) is 30.3 Å². The van der Waals surface area contributed by atoms with Gasteiger partial charge < -0.3 is 5.11 Å². The molecule has 102 valence electrons. The summed E-state index contributed by atoms with van der Waals surface area (Å²) in [6, 6.07) is 9.89. The Morgan fingerprint density at radius 1 is 1.28 bits per heavy atom. The lowest BCUT2D eigenvalue weighted by Gasteiger charge is -2.27. The minimum Gasteiger partial charge on any atom is -0.396 e. The van der Waals surface area contributed by atoms with Gasteiger partial charge in [-0.3, -0.25) is 4.90 Å². The topological polar surface area (TPSA) is 57.6 Å². The van der Waals surface area contributed by atoms with E-state index in [9.17, 15) is 8.42 Å². The van der Waals surface area contributed by atoms with Crippen molar-refractivity contribution in [1.82, 2.24) is 4.90 Å². The third kappa shape index (κ3) is 5.16. The largest absolute Gasteiger partial charge is 0.396 e. The van der Waals surface area contributed by atoms with E-state index in [1.807, 2.05) is 42.3 Å². The highest BCUT2D eigenvalue weighted by molar-refractivity contribution is 7.90. The summed E-state index contributed by atoms with van der Waals surface area (Å²) in [6.45, 7) is 0.557. The number of hydrogen-bond donors (Lipinski definition) is 1. The number of nitrogens with zero attached hydrogens (tertiary/aromatic N) is 1. The second-order valence-corrected chi connectivity index (χ2v) is 6.81. The van der Waals surface area contributed by atoms with Gasteiger partial charge in [0.15, 0.2) is 0 Å². The minimum atomic E-state index is -2.95. The van der Waals surface area contributed by atoms with Crippen LogP contribution < -0.4 is 0 Å². The van der Waals surface area contributed by atoms with Crippen LogP contribution in [0.4, 0.5) is 0 Å². The lowest BCUT2D eigenvalue weighted by Crippen LogP contribution is -2.30. The molecule has 0 saturated heterocycles. The first-order chi connectivity index (χ1) is 8.44. The molecule has 0 aliphatic heterocycles. The zero-order chi connectivity index (χ0) is 13.6. The molecule has 0 unspecified atom stereocenters. The van der Waals surface area contributed by atoms with Crippen molar-refractivity contribution in [3.05, 3.63) is 35.9 Å². The Kier molecular flexibility index (Phi) is 5.78. The first-order valence-electron chi connectivity index (χ1n) is 5.98. The molecule has 18 heavy (non-hydrogen) atoms. The minimum absolute atomic E-state index is 0.0537. The van der Waals surface area contributed by atoms with E-state index in [1.165, 1.54) is 6.26 Å². The summed E-state index contributed by atoms with van der Waals surface area (Å²) in [5, 5.41) is 9.13. The fourth-order valence-corrected chi connectivity index (χ4v) is 2.52. The number of hydrogen-bond acceptors (Lipinski definition) is 4. The molecule has 1 rings (SSSR count). The number of rotatable bonds is 7. The lowest BCUT2D eigenvalue weighted by molar-refractivity contribution is 0.192. The van der Waals surface area contributed by atoms with Crippen molar-refractivity contribution in [3.63, 3.8) is 0 Å². The second-order valence-electron chi connectivity index (χ2n) is 4.55. The zero-order valence-corrected chi connectivity index (χ0v) is 11.7. The van der Waals surface area contributed by atoms with Crippen LogP contribution in [0.25, 0.3) is 0 Å². The van der Waals surface area contributed by atoms with Crippen molar-refractivity contribution in [1.29, 1.82) is 0 Å². The Bertz CT molecular complexity index is 445. The summed E-state index contributed by atoms with van der Waals surface area (Å²) < 4.78 is 22.4. The first-order valence-corrected chi connectivity index (χ1v) is 8.04. The van der Waals surface area contributed by atoms with Crippen LogP contribution >= 0.6 is 0 Å². The van der Waals surface area contributed by atoms with Crippen molar-refractivity contribution in [2.24, 2.45) is 0 Å². The van der Waals surface area contributed by atoms with Crippen molar-refractivity contribution in [2.75, 3.05) is 32.2 Å². The van der Waals surface area contributed by atoms with E-state index in [0.29, 0.717) is 13.0 Å². The average molecular weight is 271 g/mol. The van der Waals surface area contributed by atoms with Gasteiger partial charge >= 0.3 is 0 Å². The molecule has 0 saturated carbocycles. The van der Waals surface area contributed by atoms with Crippen LogP contribution in [-0.2, 0) is 9.84 Å². The lowest BCUT2D eigenvalue weighted by atomic mass is 10.0. The molecule has 1 aromatic carbocycles. The number of sulfone groups is 1. The van der Waals surface area contributed by atoms with Crippen LogP contribution in [0.2, 0.25) is 0 Å². The van der Waals surface area contributed by atoms with Gasteiger partial charge in [-0.2, -0.15) is 0 Å².